The predicted molar refractivity (Wildman–Crippen MR) is 60.1 cm³/mol. The third-order valence-corrected chi connectivity index (χ3v) is 4.10. The SMILES string of the molecule is O=c1ccc2c([nH]1)[C@H]1CCCC[C@H]1CC2. The summed E-state index contributed by atoms with van der Waals surface area (Å²) in [5, 5.41) is 0. The van der Waals surface area contributed by atoms with E-state index in [1.807, 2.05) is 6.07 Å². The van der Waals surface area contributed by atoms with Gasteiger partial charge < -0.3 is 4.98 Å². The van der Waals surface area contributed by atoms with Gasteiger partial charge in [0.1, 0.15) is 0 Å². The number of aromatic amines is 1. The van der Waals surface area contributed by atoms with E-state index in [9.17, 15) is 4.79 Å². The van der Waals surface area contributed by atoms with Crippen molar-refractivity contribution >= 4 is 0 Å². The van der Waals surface area contributed by atoms with Gasteiger partial charge >= 0.3 is 0 Å². The quantitative estimate of drug-likeness (QED) is 0.690. The van der Waals surface area contributed by atoms with Crippen LogP contribution in [0.2, 0.25) is 0 Å². The van der Waals surface area contributed by atoms with E-state index in [-0.39, 0.29) is 5.56 Å². The molecule has 2 atom stereocenters. The first-order valence-electron chi connectivity index (χ1n) is 6.07. The van der Waals surface area contributed by atoms with Crippen LogP contribution in [0.3, 0.4) is 0 Å². The Morgan fingerprint density at radius 3 is 2.93 bits per heavy atom. The van der Waals surface area contributed by atoms with Crippen molar-refractivity contribution in [3.05, 3.63) is 33.7 Å². The molecule has 1 fully saturated rings. The van der Waals surface area contributed by atoms with Crippen LogP contribution in [-0.2, 0) is 6.42 Å². The Labute approximate surface area is 89.7 Å². The zero-order valence-electron chi connectivity index (χ0n) is 8.96. The average Bonchev–Trinajstić information content (AvgIpc) is 2.29. The Hall–Kier alpha value is -1.05. The standard InChI is InChI=1S/C13H17NO/c15-12-8-7-10-6-5-9-3-1-2-4-11(9)13(10)14-12/h7-9,11H,1-6H2,(H,14,15)/t9-,11-/m0/s1. The Kier molecular flexibility index (Phi) is 2.15. The van der Waals surface area contributed by atoms with Gasteiger partial charge in [-0.15, -0.1) is 0 Å². The van der Waals surface area contributed by atoms with Gasteiger partial charge in [-0.2, -0.15) is 0 Å². The summed E-state index contributed by atoms with van der Waals surface area (Å²) in [6, 6.07) is 3.70. The maximum absolute atomic E-state index is 11.4. The molecule has 2 nitrogen and oxygen atoms in total. The molecule has 0 aromatic carbocycles. The van der Waals surface area contributed by atoms with Gasteiger partial charge in [0.05, 0.1) is 0 Å². The van der Waals surface area contributed by atoms with Crippen LogP contribution in [0.4, 0.5) is 0 Å². The summed E-state index contributed by atoms with van der Waals surface area (Å²) in [5.41, 5.74) is 2.72. The molecule has 0 unspecified atom stereocenters. The third kappa shape index (κ3) is 1.52. The molecule has 0 saturated heterocycles. The Morgan fingerprint density at radius 1 is 1.13 bits per heavy atom. The number of H-pyrrole nitrogens is 1. The molecule has 0 aliphatic heterocycles. The van der Waals surface area contributed by atoms with E-state index >= 15 is 0 Å². The molecule has 2 heteroatoms. The number of fused-ring (bicyclic) bond motifs is 3. The molecular weight excluding hydrogens is 186 g/mol. The van der Waals surface area contributed by atoms with Crippen LogP contribution in [0.1, 0.15) is 49.3 Å². The van der Waals surface area contributed by atoms with Gasteiger partial charge in [0.25, 0.3) is 0 Å². The summed E-state index contributed by atoms with van der Waals surface area (Å²) in [6.45, 7) is 0. The third-order valence-electron chi connectivity index (χ3n) is 4.10. The van der Waals surface area contributed by atoms with Crippen LogP contribution in [-0.4, -0.2) is 4.98 Å². The fourth-order valence-corrected chi connectivity index (χ4v) is 3.34. The lowest BCUT2D eigenvalue weighted by Gasteiger charge is -2.36. The van der Waals surface area contributed by atoms with Crippen molar-refractivity contribution in [2.75, 3.05) is 0 Å². The molecule has 2 aliphatic rings. The highest BCUT2D eigenvalue weighted by molar-refractivity contribution is 5.27. The number of aromatic nitrogens is 1. The highest BCUT2D eigenvalue weighted by Crippen LogP contribution is 2.43. The summed E-state index contributed by atoms with van der Waals surface area (Å²) in [5.74, 6) is 1.49. The lowest BCUT2D eigenvalue weighted by molar-refractivity contribution is 0.270. The monoisotopic (exact) mass is 203 g/mol. The largest absolute Gasteiger partial charge is 0.326 e. The molecular formula is C13H17NO. The highest BCUT2D eigenvalue weighted by Gasteiger charge is 2.31. The number of pyridine rings is 1. The second-order valence-electron chi connectivity index (χ2n) is 4.95. The highest BCUT2D eigenvalue weighted by atomic mass is 16.1. The number of hydrogen-bond acceptors (Lipinski definition) is 1. The van der Waals surface area contributed by atoms with Crippen molar-refractivity contribution in [3.8, 4) is 0 Å². The molecule has 1 aromatic rings. The van der Waals surface area contributed by atoms with E-state index in [4.69, 9.17) is 0 Å². The van der Waals surface area contributed by atoms with E-state index in [1.54, 1.807) is 6.07 Å². The number of hydrogen-bond donors (Lipinski definition) is 1. The van der Waals surface area contributed by atoms with Gasteiger partial charge in [-0.3, -0.25) is 4.79 Å². The minimum Gasteiger partial charge on any atom is -0.326 e. The van der Waals surface area contributed by atoms with Gasteiger partial charge in [0.15, 0.2) is 0 Å². The maximum atomic E-state index is 11.4. The van der Waals surface area contributed by atoms with Crippen LogP contribution in [0.5, 0.6) is 0 Å². The zero-order valence-corrected chi connectivity index (χ0v) is 8.96. The van der Waals surface area contributed by atoms with E-state index in [0.29, 0.717) is 5.92 Å². The Morgan fingerprint density at radius 2 is 2.00 bits per heavy atom. The number of nitrogens with one attached hydrogen (secondary N) is 1. The number of aryl methyl sites for hydroxylation is 1. The molecule has 0 bridgehead atoms. The minimum atomic E-state index is 0.0694. The fraction of sp³-hybridized carbons (Fsp3) is 0.615. The molecule has 1 N–H and O–H groups in total. The van der Waals surface area contributed by atoms with E-state index in [1.165, 1.54) is 43.4 Å². The normalized spacial score (nSPS) is 29.3. The van der Waals surface area contributed by atoms with Gasteiger partial charge in [-0.25, -0.2) is 0 Å². The molecule has 2 aliphatic carbocycles. The van der Waals surface area contributed by atoms with Crippen LogP contribution in [0.15, 0.2) is 16.9 Å². The van der Waals surface area contributed by atoms with Crippen molar-refractivity contribution < 1.29 is 0 Å². The number of rotatable bonds is 0. The summed E-state index contributed by atoms with van der Waals surface area (Å²) >= 11 is 0. The van der Waals surface area contributed by atoms with Crippen molar-refractivity contribution in [2.24, 2.45) is 5.92 Å². The second-order valence-corrected chi connectivity index (χ2v) is 4.95. The van der Waals surface area contributed by atoms with E-state index < -0.39 is 0 Å². The van der Waals surface area contributed by atoms with Gasteiger partial charge in [0.2, 0.25) is 5.56 Å². The van der Waals surface area contributed by atoms with Crippen LogP contribution < -0.4 is 5.56 Å². The van der Waals surface area contributed by atoms with Gasteiger partial charge in [-0.1, -0.05) is 18.9 Å². The molecule has 1 aromatic heterocycles. The summed E-state index contributed by atoms with van der Waals surface area (Å²) < 4.78 is 0. The topological polar surface area (TPSA) is 32.9 Å². The molecule has 1 heterocycles. The lowest BCUT2D eigenvalue weighted by Crippen LogP contribution is -2.27. The Bertz CT molecular complexity index is 421. The molecule has 80 valence electrons. The van der Waals surface area contributed by atoms with Crippen molar-refractivity contribution in [1.29, 1.82) is 0 Å². The first-order chi connectivity index (χ1) is 7.34. The van der Waals surface area contributed by atoms with Crippen LogP contribution >= 0.6 is 0 Å². The van der Waals surface area contributed by atoms with E-state index in [2.05, 4.69) is 4.98 Å². The Balaban J connectivity index is 2.05. The molecule has 0 amide bonds. The predicted octanol–water partition coefficient (Wildman–Crippen LogP) is 2.59. The summed E-state index contributed by atoms with van der Waals surface area (Å²) in [4.78, 5) is 14.4. The second kappa shape index (κ2) is 3.51. The van der Waals surface area contributed by atoms with Crippen LogP contribution in [0.25, 0.3) is 0 Å². The summed E-state index contributed by atoms with van der Waals surface area (Å²) in [7, 11) is 0. The molecule has 1 saturated carbocycles. The van der Waals surface area contributed by atoms with E-state index in [0.717, 1.165) is 12.3 Å². The first-order valence-corrected chi connectivity index (χ1v) is 6.07. The van der Waals surface area contributed by atoms with Crippen LogP contribution in [0, 0.1) is 5.92 Å². The van der Waals surface area contributed by atoms with Gasteiger partial charge in [0, 0.05) is 17.7 Å². The van der Waals surface area contributed by atoms with Crippen molar-refractivity contribution in [2.45, 2.75) is 44.4 Å². The average molecular weight is 203 g/mol. The molecule has 0 spiro atoms. The van der Waals surface area contributed by atoms with Crippen molar-refractivity contribution in [3.63, 3.8) is 0 Å². The fourth-order valence-electron chi connectivity index (χ4n) is 3.34. The van der Waals surface area contributed by atoms with Crippen molar-refractivity contribution in [1.82, 2.24) is 4.98 Å². The smallest absolute Gasteiger partial charge is 0.248 e. The molecule has 0 radical (unpaired) electrons. The molecule has 15 heavy (non-hydrogen) atoms. The summed E-state index contributed by atoms with van der Waals surface area (Å²) in [6.07, 6.45) is 7.83. The maximum Gasteiger partial charge on any atom is 0.248 e. The molecule has 3 rings (SSSR count). The van der Waals surface area contributed by atoms with Gasteiger partial charge in [-0.05, 0) is 37.2 Å². The first kappa shape index (κ1) is 9.20. The lowest BCUT2D eigenvalue weighted by atomic mass is 9.70. The minimum absolute atomic E-state index is 0.0694. The zero-order chi connectivity index (χ0) is 10.3.